The molecule has 1 amide bonds. The molecule has 1 rings (SSSR count). The Kier molecular flexibility index (Phi) is 7.02. The molecule has 2 unspecified atom stereocenters. The molecule has 0 bridgehead atoms. The van der Waals surface area contributed by atoms with E-state index in [1.54, 1.807) is 26.2 Å². The summed E-state index contributed by atoms with van der Waals surface area (Å²) in [5.74, 6) is 0.996. The fourth-order valence-electron chi connectivity index (χ4n) is 2.05. The van der Waals surface area contributed by atoms with Gasteiger partial charge in [-0.05, 0) is 38.0 Å². The van der Waals surface area contributed by atoms with Gasteiger partial charge in [-0.2, -0.15) is 0 Å². The third-order valence-electron chi connectivity index (χ3n) is 3.25. The van der Waals surface area contributed by atoms with Gasteiger partial charge >= 0.3 is 0 Å². The Morgan fingerprint density at radius 2 is 2.05 bits per heavy atom. The molecular formula is C16H26N2O3. The summed E-state index contributed by atoms with van der Waals surface area (Å²) in [4.78, 5) is 12.1. The summed E-state index contributed by atoms with van der Waals surface area (Å²) in [6, 6.07) is 5.62. The summed E-state index contributed by atoms with van der Waals surface area (Å²) < 4.78 is 11.0. The Morgan fingerprint density at radius 3 is 2.62 bits per heavy atom. The van der Waals surface area contributed by atoms with Crippen LogP contribution in [0.2, 0.25) is 0 Å². The third-order valence-corrected chi connectivity index (χ3v) is 3.25. The van der Waals surface area contributed by atoms with Crippen LogP contribution in [0.25, 0.3) is 0 Å². The maximum absolute atomic E-state index is 12.1. The average molecular weight is 294 g/mol. The summed E-state index contributed by atoms with van der Waals surface area (Å²) in [6.07, 6.45) is 1.39. The van der Waals surface area contributed by atoms with Gasteiger partial charge in [-0.3, -0.25) is 4.79 Å². The minimum Gasteiger partial charge on any atom is -0.493 e. The van der Waals surface area contributed by atoms with Gasteiger partial charge < -0.3 is 20.5 Å². The lowest BCUT2D eigenvalue weighted by molar-refractivity contribution is -0.127. The molecular weight excluding hydrogens is 268 g/mol. The van der Waals surface area contributed by atoms with Crippen molar-refractivity contribution in [3.63, 3.8) is 0 Å². The maximum Gasteiger partial charge on any atom is 0.260 e. The van der Waals surface area contributed by atoms with Crippen LogP contribution in [-0.4, -0.2) is 25.2 Å². The number of hydrogen-bond donors (Lipinski definition) is 2. The smallest absolute Gasteiger partial charge is 0.260 e. The van der Waals surface area contributed by atoms with Crippen molar-refractivity contribution in [1.29, 1.82) is 0 Å². The molecule has 21 heavy (non-hydrogen) atoms. The first-order valence-corrected chi connectivity index (χ1v) is 7.35. The van der Waals surface area contributed by atoms with Crippen LogP contribution < -0.4 is 20.5 Å². The Bertz CT molecular complexity index is 463. The molecule has 0 fully saturated rings. The van der Waals surface area contributed by atoms with Crippen LogP contribution in [0, 0.1) is 0 Å². The number of benzene rings is 1. The molecule has 0 aliphatic carbocycles. The van der Waals surface area contributed by atoms with E-state index in [2.05, 4.69) is 12.2 Å². The standard InChI is InChI=1S/C16H26N2O3/c1-5-6-11(2)18-16(19)12(3)21-15-9-13(10-17)7-8-14(15)20-4/h7-9,11-12H,5-6,10,17H2,1-4H3,(H,18,19). The van der Waals surface area contributed by atoms with Crippen LogP contribution in [0.1, 0.15) is 39.2 Å². The highest BCUT2D eigenvalue weighted by atomic mass is 16.5. The fraction of sp³-hybridized carbons (Fsp3) is 0.562. The molecule has 1 aromatic rings. The van der Waals surface area contributed by atoms with Gasteiger partial charge in [0.15, 0.2) is 17.6 Å². The highest BCUT2D eigenvalue weighted by Gasteiger charge is 2.18. The largest absolute Gasteiger partial charge is 0.493 e. The third kappa shape index (κ3) is 5.27. The zero-order chi connectivity index (χ0) is 15.8. The van der Waals surface area contributed by atoms with E-state index in [-0.39, 0.29) is 11.9 Å². The second-order valence-corrected chi connectivity index (χ2v) is 5.15. The van der Waals surface area contributed by atoms with Crippen LogP contribution in [0.5, 0.6) is 11.5 Å². The number of nitrogens with one attached hydrogen (secondary N) is 1. The number of carbonyl (C=O) groups excluding carboxylic acids is 1. The first kappa shape index (κ1) is 17.3. The Morgan fingerprint density at radius 1 is 1.33 bits per heavy atom. The van der Waals surface area contributed by atoms with Crippen LogP contribution >= 0.6 is 0 Å². The Hall–Kier alpha value is -1.75. The minimum absolute atomic E-state index is 0.129. The van der Waals surface area contributed by atoms with Crippen molar-refractivity contribution in [2.45, 2.75) is 52.3 Å². The molecule has 0 radical (unpaired) electrons. The number of amides is 1. The second kappa shape index (κ2) is 8.52. The van der Waals surface area contributed by atoms with Crippen LogP contribution in [0.15, 0.2) is 18.2 Å². The van der Waals surface area contributed by atoms with Crippen molar-refractivity contribution in [1.82, 2.24) is 5.32 Å². The molecule has 0 aliphatic heterocycles. The molecule has 0 spiro atoms. The molecule has 118 valence electrons. The van der Waals surface area contributed by atoms with Gasteiger partial charge in [-0.15, -0.1) is 0 Å². The van der Waals surface area contributed by atoms with E-state index in [9.17, 15) is 4.79 Å². The Balaban J connectivity index is 2.73. The highest BCUT2D eigenvalue weighted by molar-refractivity contribution is 5.81. The summed E-state index contributed by atoms with van der Waals surface area (Å²) >= 11 is 0. The van der Waals surface area contributed by atoms with E-state index in [4.69, 9.17) is 15.2 Å². The van der Waals surface area contributed by atoms with E-state index >= 15 is 0 Å². The summed E-state index contributed by atoms with van der Waals surface area (Å²) in [6.45, 7) is 6.21. The lowest BCUT2D eigenvalue weighted by atomic mass is 10.2. The van der Waals surface area contributed by atoms with E-state index in [0.717, 1.165) is 18.4 Å². The number of nitrogens with two attached hydrogens (primary N) is 1. The number of carbonyl (C=O) groups is 1. The van der Waals surface area contributed by atoms with Gasteiger partial charge in [0.25, 0.3) is 5.91 Å². The average Bonchev–Trinajstić information content (AvgIpc) is 2.47. The van der Waals surface area contributed by atoms with Crippen LogP contribution in [0.3, 0.4) is 0 Å². The number of hydrogen-bond acceptors (Lipinski definition) is 4. The normalized spacial score (nSPS) is 13.4. The maximum atomic E-state index is 12.1. The van der Waals surface area contributed by atoms with Gasteiger partial charge in [-0.1, -0.05) is 19.4 Å². The lowest BCUT2D eigenvalue weighted by Gasteiger charge is -2.19. The van der Waals surface area contributed by atoms with Gasteiger partial charge in [0, 0.05) is 12.6 Å². The first-order valence-electron chi connectivity index (χ1n) is 7.35. The van der Waals surface area contributed by atoms with Crippen LogP contribution in [0.4, 0.5) is 0 Å². The topological polar surface area (TPSA) is 73.6 Å². The Labute approximate surface area is 126 Å². The molecule has 1 aromatic carbocycles. The number of rotatable bonds is 8. The van der Waals surface area contributed by atoms with Crippen molar-refractivity contribution in [3.05, 3.63) is 23.8 Å². The van der Waals surface area contributed by atoms with E-state index in [1.165, 1.54) is 0 Å². The first-order chi connectivity index (χ1) is 10.0. The molecule has 0 heterocycles. The molecule has 3 N–H and O–H groups in total. The van der Waals surface area contributed by atoms with E-state index in [0.29, 0.717) is 18.0 Å². The zero-order valence-corrected chi connectivity index (χ0v) is 13.3. The quantitative estimate of drug-likeness (QED) is 0.771. The lowest BCUT2D eigenvalue weighted by Crippen LogP contribution is -2.41. The molecule has 0 saturated heterocycles. The van der Waals surface area contributed by atoms with Crippen molar-refractivity contribution in [2.24, 2.45) is 5.73 Å². The molecule has 5 nitrogen and oxygen atoms in total. The minimum atomic E-state index is -0.591. The monoisotopic (exact) mass is 294 g/mol. The molecule has 0 aromatic heterocycles. The molecule has 5 heteroatoms. The van der Waals surface area contributed by atoms with Crippen LogP contribution in [-0.2, 0) is 11.3 Å². The van der Waals surface area contributed by atoms with Crippen molar-refractivity contribution in [3.8, 4) is 11.5 Å². The zero-order valence-electron chi connectivity index (χ0n) is 13.3. The molecule has 0 aliphatic rings. The highest BCUT2D eigenvalue weighted by Crippen LogP contribution is 2.28. The summed E-state index contributed by atoms with van der Waals surface area (Å²) in [5.41, 5.74) is 6.55. The summed E-state index contributed by atoms with van der Waals surface area (Å²) in [7, 11) is 1.57. The van der Waals surface area contributed by atoms with E-state index in [1.807, 2.05) is 13.0 Å². The predicted molar refractivity (Wildman–Crippen MR) is 83.5 cm³/mol. The van der Waals surface area contributed by atoms with Crippen molar-refractivity contribution < 1.29 is 14.3 Å². The molecule has 2 atom stereocenters. The SMILES string of the molecule is CCCC(C)NC(=O)C(C)Oc1cc(CN)ccc1OC. The van der Waals surface area contributed by atoms with E-state index < -0.39 is 6.10 Å². The van der Waals surface area contributed by atoms with Gasteiger partial charge in [0.2, 0.25) is 0 Å². The van der Waals surface area contributed by atoms with Gasteiger partial charge in [-0.25, -0.2) is 0 Å². The predicted octanol–water partition coefficient (Wildman–Crippen LogP) is 2.23. The van der Waals surface area contributed by atoms with Crippen molar-refractivity contribution >= 4 is 5.91 Å². The summed E-state index contributed by atoms with van der Waals surface area (Å²) in [5, 5.41) is 2.94. The van der Waals surface area contributed by atoms with Gasteiger partial charge in [0.1, 0.15) is 0 Å². The second-order valence-electron chi connectivity index (χ2n) is 5.15. The van der Waals surface area contributed by atoms with Crippen molar-refractivity contribution in [2.75, 3.05) is 7.11 Å². The van der Waals surface area contributed by atoms with Gasteiger partial charge in [0.05, 0.1) is 7.11 Å². The number of methoxy groups -OCH3 is 1. The fourth-order valence-corrected chi connectivity index (χ4v) is 2.05. The molecule has 0 saturated carbocycles. The number of ether oxygens (including phenoxy) is 2.